The van der Waals surface area contributed by atoms with Gasteiger partial charge in [0.05, 0.1) is 22.1 Å². The van der Waals surface area contributed by atoms with Gasteiger partial charge < -0.3 is 4.57 Å². The molecule has 0 spiro atoms. The Morgan fingerprint density at radius 3 is 1.29 bits per heavy atom. The second kappa shape index (κ2) is 14.7. The first-order valence-corrected chi connectivity index (χ1v) is 21.0. The molecule has 0 saturated heterocycles. The number of benzene rings is 9. The lowest BCUT2D eigenvalue weighted by Crippen LogP contribution is -2.07. The van der Waals surface area contributed by atoms with E-state index in [4.69, 9.17) is 15.0 Å². The minimum atomic E-state index is 0.551. The number of para-hydroxylation sites is 2. The largest absolute Gasteiger partial charge is 0.307 e. The van der Waals surface area contributed by atoms with Gasteiger partial charge in [0.1, 0.15) is 0 Å². The van der Waals surface area contributed by atoms with Crippen molar-refractivity contribution < 1.29 is 0 Å². The highest BCUT2D eigenvalue weighted by Gasteiger charge is 2.26. The smallest absolute Gasteiger partial charge is 0.238 e. The molecule has 0 N–H and O–H groups in total. The average molecular weight is 792 g/mol. The molecule has 5 heteroatoms. The third-order valence-electron chi connectivity index (χ3n) is 12.0. The van der Waals surface area contributed by atoms with E-state index in [1.54, 1.807) is 0 Å². The van der Waals surface area contributed by atoms with Crippen molar-refractivity contribution in [3.8, 4) is 67.8 Å². The molecule has 12 aromatic rings. The summed E-state index contributed by atoms with van der Waals surface area (Å²) in [5, 5.41) is 4.58. The van der Waals surface area contributed by atoms with Crippen molar-refractivity contribution in [2.24, 2.45) is 0 Å². The van der Waals surface area contributed by atoms with Gasteiger partial charge in [-0.1, -0.05) is 194 Å². The minimum Gasteiger partial charge on any atom is -0.307 e. The highest BCUT2D eigenvalue weighted by atomic mass is 15.2. The molecule has 9 aromatic carbocycles. The molecule has 0 radical (unpaired) electrons. The molecule has 0 bridgehead atoms. The van der Waals surface area contributed by atoms with Gasteiger partial charge in [-0.3, -0.25) is 4.57 Å². The van der Waals surface area contributed by atoms with Crippen LogP contribution < -0.4 is 0 Å². The van der Waals surface area contributed by atoms with Crippen LogP contribution in [0, 0.1) is 0 Å². The average Bonchev–Trinajstić information content (AvgIpc) is 3.88. The molecule has 5 nitrogen and oxygen atoms in total. The summed E-state index contributed by atoms with van der Waals surface area (Å²) in [6, 6.07) is 79.2. The molecule has 0 amide bonds. The van der Waals surface area contributed by atoms with Crippen LogP contribution in [0.1, 0.15) is 0 Å². The fraction of sp³-hybridized carbons (Fsp3) is 0. The van der Waals surface area contributed by atoms with E-state index in [1.165, 1.54) is 16.5 Å². The second-order valence-electron chi connectivity index (χ2n) is 15.6. The Bertz CT molecular complexity index is 3580. The zero-order chi connectivity index (χ0) is 41.0. The van der Waals surface area contributed by atoms with E-state index in [2.05, 4.69) is 209 Å². The number of nitrogens with zero attached hydrogens (tertiary/aromatic N) is 5. The molecule has 3 heterocycles. The van der Waals surface area contributed by atoms with Crippen molar-refractivity contribution in [3.05, 3.63) is 224 Å². The lowest BCUT2D eigenvalue weighted by Gasteiger charge is -2.15. The summed E-state index contributed by atoms with van der Waals surface area (Å²) in [6.45, 7) is 0. The first-order valence-electron chi connectivity index (χ1n) is 21.0. The normalized spacial score (nSPS) is 11.5. The lowest BCUT2D eigenvalue weighted by atomic mass is 9.96. The van der Waals surface area contributed by atoms with E-state index in [9.17, 15) is 0 Å². The predicted octanol–water partition coefficient (Wildman–Crippen LogP) is 14.4. The van der Waals surface area contributed by atoms with Gasteiger partial charge in [0, 0.05) is 38.4 Å². The Labute approximate surface area is 358 Å². The zero-order valence-corrected chi connectivity index (χ0v) is 33.6. The molecular weight excluding hydrogens is 755 g/mol. The van der Waals surface area contributed by atoms with Crippen molar-refractivity contribution >= 4 is 43.6 Å². The molecule has 3 aromatic heterocycles. The van der Waals surface area contributed by atoms with Gasteiger partial charge in [0.25, 0.3) is 0 Å². The monoisotopic (exact) mass is 791 g/mol. The Morgan fingerprint density at radius 2 is 0.710 bits per heavy atom. The van der Waals surface area contributed by atoms with Crippen LogP contribution in [-0.2, 0) is 0 Å². The van der Waals surface area contributed by atoms with E-state index in [-0.39, 0.29) is 0 Å². The molecule has 290 valence electrons. The van der Waals surface area contributed by atoms with Gasteiger partial charge in [0.2, 0.25) is 5.95 Å². The third kappa shape index (κ3) is 5.90. The van der Waals surface area contributed by atoms with Crippen molar-refractivity contribution in [2.75, 3.05) is 0 Å². The summed E-state index contributed by atoms with van der Waals surface area (Å²) < 4.78 is 4.71. The van der Waals surface area contributed by atoms with Crippen molar-refractivity contribution in [3.63, 3.8) is 0 Å². The number of hydrogen-bond acceptors (Lipinski definition) is 3. The zero-order valence-electron chi connectivity index (χ0n) is 33.6. The summed E-state index contributed by atoms with van der Waals surface area (Å²) in [5.74, 6) is 1.76. The molecule has 0 aliphatic heterocycles. The van der Waals surface area contributed by atoms with Crippen LogP contribution in [0.3, 0.4) is 0 Å². The highest BCUT2D eigenvalue weighted by Crippen LogP contribution is 2.46. The van der Waals surface area contributed by atoms with Crippen molar-refractivity contribution in [1.82, 2.24) is 24.1 Å². The van der Waals surface area contributed by atoms with Gasteiger partial charge in [-0.25, -0.2) is 4.98 Å². The summed E-state index contributed by atoms with van der Waals surface area (Å²) >= 11 is 0. The topological polar surface area (TPSA) is 48.5 Å². The molecular formula is C57H37N5. The summed E-state index contributed by atoms with van der Waals surface area (Å²) in [6.07, 6.45) is 0. The van der Waals surface area contributed by atoms with E-state index in [1.807, 2.05) is 24.3 Å². The summed E-state index contributed by atoms with van der Waals surface area (Å²) in [4.78, 5) is 16.0. The van der Waals surface area contributed by atoms with Crippen LogP contribution in [0.4, 0.5) is 0 Å². The summed E-state index contributed by atoms with van der Waals surface area (Å²) in [7, 11) is 0. The van der Waals surface area contributed by atoms with Crippen LogP contribution in [0.2, 0.25) is 0 Å². The molecule has 0 aliphatic rings. The van der Waals surface area contributed by atoms with Crippen LogP contribution in [0.5, 0.6) is 0 Å². The van der Waals surface area contributed by atoms with Gasteiger partial charge in [0.15, 0.2) is 11.6 Å². The maximum Gasteiger partial charge on any atom is 0.238 e. The standard InChI is InChI=1S/C57H37N5/c1-5-17-38(18-6-1)40-29-31-44(32-30-40)56-58-55(43-23-11-4-12-24-43)59-57(60-56)62-51-28-16-14-26-47(51)52-48(42-21-9-3-10-22-42)37-49-46-25-13-15-27-50(46)61(53(49)54(52)62)45-35-33-41(34-36-45)39-19-7-2-8-20-39/h1-37H. The maximum atomic E-state index is 5.42. The summed E-state index contributed by atoms with van der Waals surface area (Å²) in [5.41, 5.74) is 14.1. The Kier molecular flexibility index (Phi) is 8.42. The minimum absolute atomic E-state index is 0.551. The van der Waals surface area contributed by atoms with Crippen LogP contribution in [0.15, 0.2) is 224 Å². The van der Waals surface area contributed by atoms with Gasteiger partial charge >= 0.3 is 0 Å². The Balaban J connectivity index is 1.20. The number of rotatable bonds is 7. The number of hydrogen-bond donors (Lipinski definition) is 0. The molecule has 0 unspecified atom stereocenters. The van der Waals surface area contributed by atoms with E-state index in [0.29, 0.717) is 17.6 Å². The first kappa shape index (κ1) is 35.5. The van der Waals surface area contributed by atoms with Gasteiger partial charge in [-0.2, -0.15) is 9.97 Å². The van der Waals surface area contributed by atoms with E-state index >= 15 is 0 Å². The molecule has 0 saturated carbocycles. The quantitative estimate of drug-likeness (QED) is 0.162. The fourth-order valence-electron chi connectivity index (χ4n) is 9.11. The predicted molar refractivity (Wildman–Crippen MR) is 256 cm³/mol. The highest BCUT2D eigenvalue weighted by molar-refractivity contribution is 6.28. The Hall–Kier alpha value is -8.41. The second-order valence-corrected chi connectivity index (χ2v) is 15.6. The van der Waals surface area contributed by atoms with E-state index in [0.717, 1.165) is 77.3 Å². The van der Waals surface area contributed by atoms with Gasteiger partial charge in [-0.05, 0) is 63.7 Å². The number of aromatic nitrogens is 5. The van der Waals surface area contributed by atoms with Crippen LogP contribution >= 0.6 is 0 Å². The molecule has 62 heavy (non-hydrogen) atoms. The molecule has 0 fully saturated rings. The Morgan fingerprint density at radius 1 is 0.290 bits per heavy atom. The first-order chi connectivity index (χ1) is 30.8. The maximum absolute atomic E-state index is 5.42. The van der Waals surface area contributed by atoms with Crippen LogP contribution in [0.25, 0.3) is 111 Å². The fourth-order valence-corrected chi connectivity index (χ4v) is 9.11. The number of fused-ring (bicyclic) bond motifs is 7. The molecule has 0 aliphatic carbocycles. The molecule has 12 rings (SSSR count). The van der Waals surface area contributed by atoms with E-state index < -0.39 is 0 Å². The SMILES string of the molecule is c1ccc(-c2ccc(-c3nc(-c4ccccc4)nc(-n4c5ccccc5c5c(-c6ccccc6)cc6c7ccccc7n(-c7ccc(-c8ccccc8)cc7)c6c54)n3)cc2)cc1. The lowest BCUT2D eigenvalue weighted by molar-refractivity contribution is 0.953. The van der Waals surface area contributed by atoms with Crippen molar-refractivity contribution in [2.45, 2.75) is 0 Å². The van der Waals surface area contributed by atoms with Gasteiger partial charge in [-0.15, -0.1) is 0 Å². The van der Waals surface area contributed by atoms with Crippen LogP contribution in [-0.4, -0.2) is 24.1 Å². The van der Waals surface area contributed by atoms with Crippen molar-refractivity contribution in [1.29, 1.82) is 0 Å². The third-order valence-corrected chi connectivity index (χ3v) is 12.0. The molecule has 0 atom stereocenters.